The number of carbonyl (C=O) groups excluding carboxylic acids is 4. The standard InChI is InChI=1S/C21H37N5O6S/c1-12(2)11-15(18(28)24-14(21(31)32)6-7-17(23)27)25-19(29)16-5-4-9-26(16)20(30)13(22)8-10-33-3/h12-16H,4-11,22H2,1-3H3,(H2,23,27)(H,24,28)(H,25,29)(H,31,32). The highest BCUT2D eigenvalue weighted by molar-refractivity contribution is 7.98. The molecule has 1 fully saturated rings. The highest BCUT2D eigenvalue weighted by Crippen LogP contribution is 2.20. The van der Waals surface area contributed by atoms with Gasteiger partial charge < -0.3 is 32.1 Å². The Kier molecular flexibility index (Phi) is 12.2. The van der Waals surface area contributed by atoms with E-state index in [4.69, 9.17) is 11.5 Å². The summed E-state index contributed by atoms with van der Waals surface area (Å²) >= 11 is 1.58. The summed E-state index contributed by atoms with van der Waals surface area (Å²) in [7, 11) is 0. The summed E-state index contributed by atoms with van der Waals surface area (Å²) in [5, 5.41) is 14.4. The molecule has 1 rings (SSSR count). The largest absolute Gasteiger partial charge is 0.480 e. The number of nitrogens with zero attached hydrogens (tertiary/aromatic N) is 1. The molecule has 4 atom stereocenters. The molecule has 11 nitrogen and oxygen atoms in total. The number of hydrogen-bond donors (Lipinski definition) is 5. The molecule has 0 aromatic carbocycles. The zero-order valence-electron chi connectivity index (χ0n) is 19.5. The Labute approximate surface area is 198 Å². The van der Waals surface area contributed by atoms with Gasteiger partial charge in [-0.05, 0) is 50.0 Å². The molecule has 33 heavy (non-hydrogen) atoms. The monoisotopic (exact) mass is 487 g/mol. The zero-order chi connectivity index (χ0) is 25.1. The van der Waals surface area contributed by atoms with Crippen molar-refractivity contribution in [3.05, 3.63) is 0 Å². The third-order valence-corrected chi connectivity index (χ3v) is 6.07. The topological polar surface area (TPSA) is 185 Å². The van der Waals surface area contributed by atoms with Crippen molar-refractivity contribution in [1.82, 2.24) is 15.5 Å². The Bertz CT molecular complexity index is 719. The molecule has 0 aromatic rings. The van der Waals surface area contributed by atoms with Crippen molar-refractivity contribution in [3.8, 4) is 0 Å². The smallest absolute Gasteiger partial charge is 0.326 e. The Morgan fingerprint density at radius 2 is 1.79 bits per heavy atom. The Morgan fingerprint density at radius 3 is 2.33 bits per heavy atom. The van der Waals surface area contributed by atoms with Gasteiger partial charge in [-0.1, -0.05) is 13.8 Å². The van der Waals surface area contributed by atoms with Crippen molar-refractivity contribution in [2.45, 2.75) is 76.5 Å². The molecule has 0 radical (unpaired) electrons. The van der Waals surface area contributed by atoms with Crippen LogP contribution in [0.1, 0.15) is 52.4 Å². The fraction of sp³-hybridized carbons (Fsp3) is 0.762. The molecule has 0 saturated carbocycles. The van der Waals surface area contributed by atoms with Gasteiger partial charge in [-0.3, -0.25) is 19.2 Å². The van der Waals surface area contributed by atoms with Crippen molar-refractivity contribution in [2.24, 2.45) is 17.4 Å². The first-order valence-electron chi connectivity index (χ1n) is 11.1. The van der Waals surface area contributed by atoms with Gasteiger partial charge in [0.15, 0.2) is 0 Å². The first-order valence-corrected chi connectivity index (χ1v) is 12.5. The fourth-order valence-electron chi connectivity index (χ4n) is 3.67. The van der Waals surface area contributed by atoms with Crippen LogP contribution in [0, 0.1) is 5.92 Å². The second-order valence-electron chi connectivity index (χ2n) is 8.67. The maximum Gasteiger partial charge on any atom is 0.326 e. The van der Waals surface area contributed by atoms with Crippen LogP contribution in [0.25, 0.3) is 0 Å². The van der Waals surface area contributed by atoms with Crippen LogP contribution in [0.15, 0.2) is 0 Å². The lowest BCUT2D eigenvalue weighted by molar-refractivity contribution is -0.143. The van der Waals surface area contributed by atoms with Crippen molar-refractivity contribution in [3.63, 3.8) is 0 Å². The molecule has 1 aliphatic heterocycles. The van der Waals surface area contributed by atoms with Crippen LogP contribution in [0.2, 0.25) is 0 Å². The second-order valence-corrected chi connectivity index (χ2v) is 9.66. The lowest BCUT2D eigenvalue weighted by Crippen LogP contribution is -2.57. The molecular weight excluding hydrogens is 450 g/mol. The number of likely N-dealkylation sites (tertiary alicyclic amines) is 1. The van der Waals surface area contributed by atoms with Gasteiger partial charge in [-0.25, -0.2) is 4.79 Å². The van der Waals surface area contributed by atoms with Gasteiger partial charge in [0.25, 0.3) is 0 Å². The number of primary amides is 1. The minimum Gasteiger partial charge on any atom is -0.480 e. The van der Waals surface area contributed by atoms with Crippen molar-refractivity contribution < 1.29 is 29.1 Å². The maximum absolute atomic E-state index is 13.0. The Hall–Kier alpha value is -2.34. The molecule has 188 valence electrons. The second kappa shape index (κ2) is 14.0. The van der Waals surface area contributed by atoms with Gasteiger partial charge in [0.2, 0.25) is 23.6 Å². The van der Waals surface area contributed by atoms with E-state index in [1.807, 2.05) is 20.1 Å². The molecule has 4 amide bonds. The quantitative estimate of drug-likeness (QED) is 0.215. The summed E-state index contributed by atoms with van der Waals surface area (Å²) in [4.78, 5) is 62.5. The first kappa shape index (κ1) is 28.7. The number of hydrogen-bond acceptors (Lipinski definition) is 7. The molecule has 4 unspecified atom stereocenters. The van der Waals surface area contributed by atoms with Crippen LogP contribution >= 0.6 is 11.8 Å². The van der Waals surface area contributed by atoms with E-state index < -0.39 is 47.9 Å². The third-order valence-electron chi connectivity index (χ3n) is 5.42. The number of rotatable bonds is 14. The van der Waals surface area contributed by atoms with E-state index in [0.717, 1.165) is 5.75 Å². The summed E-state index contributed by atoms with van der Waals surface area (Å²) in [5.74, 6) is -2.64. The summed E-state index contributed by atoms with van der Waals surface area (Å²) < 4.78 is 0. The number of thioether (sulfide) groups is 1. The molecule has 1 heterocycles. The van der Waals surface area contributed by atoms with Crippen LogP contribution in [0.4, 0.5) is 0 Å². The predicted octanol–water partition coefficient (Wildman–Crippen LogP) is -0.576. The zero-order valence-corrected chi connectivity index (χ0v) is 20.4. The molecule has 1 saturated heterocycles. The van der Waals surface area contributed by atoms with E-state index in [1.165, 1.54) is 4.90 Å². The molecule has 12 heteroatoms. The van der Waals surface area contributed by atoms with Crippen LogP contribution in [-0.2, 0) is 24.0 Å². The summed E-state index contributed by atoms with van der Waals surface area (Å²) in [6.45, 7) is 4.15. The Morgan fingerprint density at radius 1 is 1.12 bits per heavy atom. The van der Waals surface area contributed by atoms with Gasteiger partial charge in [0.1, 0.15) is 18.1 Å². The summed E-state index contributed by atoms with van der Waals surface area (Å²) in [6.07, 6.45) is 3.45. The number of amides is 4. The van der Waals surface area contributed by atoms with E-state index in [1.54, 1.807) is 11.8 Å². The highest BCUT2D eigenvalue weighted by atomic mass is 32.2. The molecule has 1 aliphatic rings. The Balaban J connectivity index is 2.88. The van der Waals surface area contributed by atoms with E-state index >= 15 is 0 Å². The molecule has 7 N–H and O–H groups in total. The number of nitrogens with one attached hydrogen (secondary N) is 2. The molecule has 0 spiro atoms. The lowest BCUT2D eigenvalue weighted by atomic mass is 10.0. The van der Waals surface area contributed by atoms with E-state index in [2.05, 4.69) is 10.6 Å². The fourth-order valence-corrected chi connectivity index (χ4v) is 4.16. The number of nitrogens with two attached hydrogens (primary N) is 2. The normalized spacial score (nSPS) is 18.5. The van der Waals surface area contributed by atoms with E-state index in [0.29, 0.717) is 25.8 Å². The van der Waals surface area contributed by atoms with E-state index in [-0.39, 0.29) is 31.1 Å². The molecular formula is C21H37N5O6S. The van der Waals surface area contributed by atoms with Gasteiger partial charge >= 0.3 is 5.97 Å². The van der Waals surface area contributed by atoms with Crippen molar-refractivity contribution in [2.75, 3.05) is 18.6 Å². The van der Waals surface area contributed by atoms with Crippen molar-refractivity contribution in [1.29, 1.82) is 0 Å². The molecule has 0 bridgehead atoms. The average Bonchev–Trinajstić information content (AvgIpc) is 3.22. The first-order chi connectivity index (χ1) is 15.5. The molecule has 0 aromatic heterocycles. The minimum atomic E-state index is -1.31. The van der Waals surface area contributed by atoms with Gasteiger partial charge in [0.05, 0.1) is 6.04 Å². The third kappa shape index (κ3) is 9.58. The number of carboxylic acids is 1. The van der Waals surface area contributed by atoms with Crippen LogP contribution in [-0.4, -0.2) is 82.3 Å². The van der Waals surface area contributed by atoms with Gasteiger partial charge in [-0.15, -0.1) is 0 Å². The summed E-state index contributed by atoms with van der Waals surface area (Å²) in [5.41, 5.74) is 11.1. The predicted molar refractivity (Wildman–Crippen MR) is 125 cm³/mol. The van der Waals surface area contributed by atoms with Crippen LogP contribution in [0.5, 0.6) is 0 Å². The summed E-state index contributed by atoms with van der Waals surface area (Å²) in [6, 6.07) is -3.72. The number of carbonyl (C=O) groups is 5. The van der Waals surface area contributed by atoms with E-state index in [9.17, 15) is 29.1 Å². The number of aliphatic carboxylic acids is 1. The van der Waals surface area contributed by atoms with Crippen molar-refractivity contribution >= 4 is 41.4 Å². The maximum atomic E-state index is 13.0. The van der Waals surface area contributed by atoms with Crippen LogP contribution in [0.3, 0.4) is 0 Å². The minimum absolute atomic E-state index is 0.0243. The SMILES string of the molecule is CSCCC(N)C(=O)N1CCCC1C(=O)NC(CC(C)C)C(=O)NC(CCC(N)=O)C(=O)O. The lowest BCUT2D eigenvalue weighted by Gasteiger charge is -2.29. The van der Waals surface area contributed by atoms with Crippen LogP contribution < -0.4 is 22.1 Å². The van der Waals surface area contributed by atoms with Gasteiger partial charge in [0, 0.05) is 13.0 Å². The average molecular weight is 488 g/mol. The van der Waals surface area contributed by atoms with Gasteiger partial charge in [-0.2, -0.15) is 11.8 Å². The molecule has 0 aliphatic carbocycles. The number of carboxylic acid groups (broad SMARTS) is 1. The highest BCUT2D eigenvalue weighted by Gasteiger charge is 2.38.